The number of carbonyl (C=O) groups excluding carboxylic acids is 1. The molecule has 0 aromatic heterocycles. The molecule has 1 fully saturated rings. The number of aromatic hydroxyl groups is 1. The molecule has 1 aliphatic heterocycles. The summed E-state index contributed by atoms with van der Waals surface area (Å²) in [6, 6.07) is 6.88. The summed E-state index contributed by atoms with van der Waals surface area (Å²) in [6.07, 6.45) is 1.54. The minimum absolute atomic E-state index is 0.0911. The van der Waals surface area contributed by atoms with Crippen molar-refractivity contribution in [3.05, 3.63) is 32.9 Å². The first-order valence-corrected chi connectivity index (χ1v) is 7.17. The van der Waals surface area contributed by atoms with Crippen LogP contribution in [0.15, 0.2) is 23.8 Å². The lowest BCUT2D eigenvalue weighted by Gasteiger charge is -2.26. The lowest BCUT2D eigenvalue weighted by molar-refractivity contribution is -0.130. The van der Waals surface area contributed by atoms with Gasteiger partial charge in [-0.05, 0) is 46.4 Å². The minimum Gasteiger partial charge on any atom is -0.507 e. The van der Waals surface area contributed by atoms with E-state index in [1.54, 1.807) is 29.2 Å². The third kappa shape index (κ3) is 3.49. The lowest BCUT2D eigenvalue weighted by Crippen LogP contribution is -2.41. The zero-order valence-electron chi connectivity index (χ0n) is 10.7. The topological polar surface area (TPSA) is 73.6 Å². The van der Waals surface area contributed by atoms with Gasteiger partial charge in [0.2, 0.25) is 0 Å². The van der Waals surface area contributed by atoms with Crippen molar-refractivity contribution in [3.8, 4) is 11.8 Å². The molecule has 0 radical (unpaired) electrons. The van der Waals surface area contributed by atoms with Crippen molar-refractivity contribution < 1.29 is 14.6 Å². The molecule has 0 atom stereocenters. The van der Waals surface area contributed by atoms with Gasteiger partial charge in [-0.1, -0.05) is 6.07 Å². The van der Waals surface area contributed by atoms with Crippen LogP contribution in [-0.2, 0) is 9.53 Å². The van der Waals surface area contributed by atoms with Crippen molar-refractivity contribution in [2.24, 2.45) is 0 Å². The Morgan fingerprint density at radius 3 is 2.75 bits per heavy atom. The smallest absolute Gasteiger partial charge is 0.264 e. The SMILES string of the molecule is N#CC(=Cc1ccc(O)c(I)c1)C(=O)N1CCOCC1. The highest BCUT2D eigenvalue weighted by Crippen LogP contribution is 2.22. The third-order valence-electron chi connectivity index (χ3n) is 2.93. The van der Waals surface area contributed by atoms with Crippen LogP contribution in [0.2, 0.25) is 0 Å². The average molecular weight is 384 g/mol. The molecule has 1 aliphatic rings. The molecule has 104 valence electrons. The number of halogens is 1. The Balaban J connectivity index is 2.22. The van der Waals surface area contributed by atoms with Crippen LogP contribution >= 0.6 is 22.6 Å². The Kier molecular flexibility index (Phi) is 4.98. The molecule has 0 spiro atoms. The molecule has 1 aromatic rings. The monoisotopic (exact) mass is 384 g/mol. The predicted octanol–water partition coefficient (Wildman–Crippen LogP) is 1.76. The van der Waals surface area contributed by atoms with E-state index in [1.165, 1.54) is 0 Å². The van der Waals surface area contributed by atoms with E-state index in [0.29, 0.717) is 35.4 Å². The molecule has 5 nitrogen and oxygen atoms in total. The summed E-state index contributed by atoms with van der Waals surface area (Å²) in [5.41, 5.74) is 0.804. The van der Waals surface area contributed by atoms with Crippen molar-refractivity contribution in [2.75, 3.05) is 26.3 Å². The van der Waals surface area contributed by atoms with Crippen molar-refractivity contribution in [1.29, 1.82) is 5.26 Å². The summed E-state index contributed by atoms with van der Waals surface area (Å²) in [5.74, 6) is -0.0975. The van der Waals surface area contributed by atoms with Gasteiger partial charge in [0.15, 0.2) is 0 Å². The highest BCUT2D eigenvalue weighted by molar-refractivity contribution is 14.1. The standard InChI is InChI=1S/C14H13IN2O3/c15-12-8-10(1-2-13(12)18)7-11(9-16)14(19)17-3-5-20-6-4-17/h1-2,7-8,18H,3-6H2. The quantitative estimate of drug-likeness (QED) is 0.479. The number of amides is 1. The number of rotatable bonds is 2. The van der Waals surface area contributed by atoms with E-state index in [4.69, 9.17) is 10.00 Å². The van der Waals surface area contributed by atoms with E-state index in [-0.39, 0.29) is 17.2 Å². The van der Waals surface area contributed by atoms with Gasteiger partial charge in [-0.25, -0.2) is 0 Å². The molecule has 1 amide bonds. The number of benzene rings is 1. The van der Waals surface area contributed by atoms with Crippen molar-refractivity contribution >= 4 is 34.6 Å². The molecule has 1 N–H and O–H groups in total. The number of phenols is 1. The average Bonchev–Trinajstić information content (AvgIpc) is 2.48. The predicted molar refractivity (Wildman–Crippen MR) is 81.8 cm³/mol. The van der Waals surface area contributed by atoms with Crippen LogP contribution in [-0.4, -0.2) is 42.2 Å². The maximum atomic E-state index is 12.2. The fourth-order valence-electron chi connectivity index (χ4n) is 1.86. The summed E-state index contributed by atoms with van der Waals surface area (Å²) < 4.78 is 5.86. The number of nitriles is 1. The highest BCUT2D eigenvalue weighted by Gasteiger charge is 2.20. The zero-order chi connectivity index (χ0) is 14.5. The van der Waals surface area contributed by atoms with Crippen LogP contribution in [0.5, 0.6) is 5.75 Å². The van der Waals surface area contributed by atoms with E-state index >= 15 is 0 Å². The van der Waals surface area contributed by atoms with Gasteiger partial charge >= 0.3 is 0 Å². The zero-order valence-corrected chi connectivity index (χ0v) is 12.8. The second kappa shape index (κ2) is 6.72. The normalized spacial score (nSPS) is 15.8. The first-order chi connectivity index (χ1) is 9.61. The highest BCUT2D eigenvalue weighted by atomic mass is 127. The number of hydrogen-bond donors (Lipinski definition) is 1. The summed E-state index contributed by atoms with van der Waals surface area (Å²) in [4.78, 5) is 13.8. The summed E-state index contributed by atoms with van der Waals surface area (Å²) >= 11 is 2.00. The third-order valence-corrected chi connectivity index (χ3v) is 3.80. The summed E-state index contributed by atoms with van der Waals surface area (Å²) in [6.45, 7) is 2.01. The Morgan fingerprint density at radius 2 is 2.15 bits per heavy atom. The second-order valence-corrected chi connectivity index (χ2v) is 5.45. The maximum absolute atomic E-state index is 12.2. The van der Waals surface area contributed by atoms with Gasteiger partial charge < -0.3 is 14.7 Å². The number of hydrogen-bond acceptors (Lipinski definition) is 4. The molecule has 0 aliphatic carbocycles. The number of phenolic OH excluding ortho intramolecular Hbond substituents is 1. The van der Waals surface area contributed by atoms with Gasteiger partial charge in [0.25, 0.3) is 5.91 Å². The van der Waals surface area contributed by atoms with E-state index in [0.717, 1.165) is 0 Å². The van der Waals surface area contributed by atoms with Gasteiger partial charge in [0.1, 0.15) is 17.4 Å². The minimum atomic E-state index is -0.279. The first-order valence-electron chi connectivity index (χ1n) is 6.09. The molecule has 1 saturated heterocycles. The Bertz CT molecular complexity index is 587. The molecular formula is C14H13IN2O3. The van der Waals surface area contributed by atoms with Gasteiger partial charge in [-0.2, -0.15) is 5.26 Å². The van der Waals surface area contributed by atoms with Gasteiger partial charge in [-0.3, -0.25) is 4.79 Å². The van der Waals surface area contributed by atoms with E-state index < -0.39 is 0 Å². The van der Waals surface area contributed by atoms with Crippen LogP contribution < -0.4 is 0 Å². The Hall–Kier alpha value is -1.59. The fraction of sp³-hybridized carbons (Fsp3) is 0.286. The number of carbonyl (C=O) groups is 1. The van der Waals surface area contributed by atoms with Crippen LogP contribution in [0.3, 0.4) is 0 Å². The molecule has 20 heavy (non-hydrogen) atoms. The number of nitrogens with zero attached hydrogens (tertiary/aromatic N) is 2. The molecule has 2 rings (SSSR count). The lowest BCUT2D eigenvalue weighted by atomic mass is 10.1. The largest absolute Gasteiger partial charge is 0.507 e. The van der Waals surface area contributed by atoms with Gasteiger partial charge in [-0.15, -0.1) is 0 Å². The molecule has 1 aromatic carbocycles. The molecule has 0 unspecified atom stereocenters. The maximum Gasteiger partial charge on any atom is 0.264 e. The van der Waals surface area contributed by atoms with Gasteiger partial charge in [0.05, 0.1) is 16.8 Å². The Morgan fingerprint density at radius 1 is 1.45 bits per heavy atom. The van der Waals surface area contributed by atoms with Gasteiger partial charge in [0, 0.05) is 13.1 Å². The molecule has 0 saturated carbocycles. The number of ether oxygens (including phenoxy) is 1. The van der Waals surface area contributed by atoms with Crippen molar-refractivity contribution in [3.63, 3.8) is 0 Å². The number of morpholine rings is 1. The molecule has 0 bridgehead atoms. The molecule has 6 heteroatoms. The van der Waals surface area contributed by atoms with Crippen LogP contribution in [0.1, 0.15) is 5.56 Å². The van der Waals surface area contributed by atoms with E-state index in [2.05, 4.69) is 0 Å². The second-order valence-electron chi connectivity index (χ2n) is 4.29. The van der Waals surface area contributed by atoms with Crippen LogP contribution in [0, 0.1) is 14.9 Å². The van der Waals surface area contributed by atoms with E-state index in [1.807, 2.05) is 28.7 Å². The van der Waals surface area contributed by atoms with Crippen LogP contribution in [0.4, 0.5) is 0 Å². The van der Waals surface area contributed by atoms with Crippen molar-refractivity contribution in [1.82, 2.24) is 4.90 Å². The molecule has 1 heterocycles. The van der Waals surface area contributed by atoms with E-state index in [9.17, 15) is 9.90 Å². The van der Waals surface area contributed by atoms with Crippen LogP contribution in [0.25, 0.3) is 6.08 Å². The Labute approximate surface area is 130 Å². The molecular weight excluding hydrogens is 371 g/mol. The summed E-state index contributed by atoms with van der Waals surface area (Å²) in [7, 11) is 0. The van der Waals surface area contributed by atoms with Crippen molar-refractivity contribution in [2.45, 2.75) is 0 Å². The first kappa shape index (κ1) is 14.8. The summed E-state index contributed by atoms with van der Waals surface area (Å²) in [5, 5.41) is 18.6. The fourth-order valence-corrected chi connectivity index (χ4v) is 2.40.